The van der Waals surface area contributed by atoms with Crippen molar-refractivity contribution < 1.29 is 0 Å². The number of aromatic nitrogens is 2. The van der Waals surface area contributed by atoms with Crippen molar-refractivity contribution >= 4 is 22.6 Å². The summed E-state index contributed by atoms with van der Waals surface area (Å²) in [7, 11) is 0. The maximum Gasteiger partial charge on any atom is 0.138 e. The van der Waals surface area contributed by atoms with Gasteiger partial charge in [-0.3, -0.25) is 0 Å². The van der Waals surface area contributed by atoms with E-state index >= 15 is 0 Å². The molecule has 2 aromatic carbocycles. The van der Waals surface area contributed by atoms with E-state index in [-0.39, 0.29) is 0 Å². The average Bonchev–Trinajstić information content (AvgIpc) is 2.89. The van der Waals surface area contributed by atoms with Crippen LogP contribution in [-0.4, -0.2) is 16.5 Å². The molecule has 0 bridgehead atoms. The number of H-pyrrole nitrogens is 1. The van der Waals surface area contributed by atoms with Gasteiger partial charge >= 0.3 is 0 Å². The molecule has 20 heavy (non-hydrogen) atoms. The smallest absolute Gasteiger partial charge is 0.138 e. The van der Waals surface area contributed by atoms with Crippen molar-refractivity contribution in [3.63, 3.8) is 0 Å². The normalized spacial score (nSPS) is 14.4. The summed E-state index contributed by atoms with van der Waals surface area (Å²) in [6.07, 6.45) is 1.04. The first-order valence-corrected chi connectivity index (χ1v) is 7.16. The van der Waals surface area contributed by atoms with Crippen molar-refractivity contribution in [3.8, 4) is 11.4 Å². The van der Waals surface area contributed by atoms with E-state index in [1.807, 2.05) is 18.2 Å². The molecule has 3 aromatic rings. The number of rotatable bonds is 1. The molecule has 1 aliphatic rings. The van der Waals surface area contributed by atoms with Crippen LogP contribution in [0, 0.1) is 0 Å². The Hall–Kier alpha value is -1.84. The van der Waals surface area contributed by atoms with Gasteiger partial charge in [-0.2, -0.15) is 0 Å². The maximum absolute atomic E-state index is 6.03. The zero-order valence-electron chi connectivity index (χ0n) is 10.9. The number of benzene rings is 2. The van der Waals surface area contributed by atoms with Gasteiger partial charge in [0.15, 0.2) is 0 Å². The summed E-state index contributed by atoms with van der Waals surface area (Å²) in [5.74, 6) is 0.931. The second-order valence-corrected chi connectivity index (χ2v) is 5.55. The average molecular weight is 284 g/mol. The standard InChI is InChI=1S/C16H14ClN3/c17-11-4-5-14-15(8-11)20-16(19-14)13-3-1-2-10-9-18-7-6-12(10)13/h1-5,8,18H,6-7,9H2,(H,19,20). The lowest BCUT2D eigenvalue weighted by atomic mass is 9.95. The summed E-state index contributed by atoms with van der Waals surface area (Å²) in [5.41, 5.74) is 5.91. The number of nitrogens with one attached hydrogen (secondary N) is 2. The van der Waals surface area contributed by atoms with Crippen LogP contribution in [-0.2, 0) is 13.0 Å². The van der Waals surface area contributed by atoms with E-state index in [2.05, 4.69) is 28.5 Å². The molecule has 0 aliphatic carbocycles. The number of hydrogen-bond acceptors (Lipinski definition) is 2. The Morgan fingerprint density at radius 2 is 2.10 bits per heavy atom. The van der Waals surface area contributed by atoms with E-state index in [9.17, 15) is 0 Å². The molecule has 2 heterocycles. The number of halogens is 1. The van der Waals surface area contributed by atoms with Gasteiger partial charge in [0.2, 0.25) is 0 Å². The Kier molecular flexibility index (Phi) is 2.76. The molecule has 0 unspecified atom stereocenters. The molecular weight excluding hydrogens is 270 g/mol. The topological polar surface area (TPSA) is 40.7 Å². The zero-order valence-corrected chi connectivity index (χ0v) is 11.7. The minimum atomic E-state index is 0.729. The Labute approximate surface area is 122 Å². The molecule has 0 spiro atoms. The molecule has 0 saturated carbocycles. The van der Waals surface area contributed by atoms with Gasteiger partial charge in [-0.05, 0) is 42.3 Å². The molecule has 0 saturated heterocycles. The number of imidazole rings is 1. The van der Waals surface area contributed by atoms with Gasteiger partial charge in [-0.25, -0.2) is 4.98 Å². The first-order valence-electron chi connectivity index (χ1n) is 6.78. The molecule has 0 amide bonds. The van der Waals surface area contributed by atoms with Crippen LogP contribution in [0.3, 0.4) is 0 Å². The SMILES string of the molecule is Clc1ccc2nc(-c3cccc4c3CCNC4)[nH]c2c1. The van der Waals surface area contributed by atoms with Crippen LogP contribution < -0.4 is 5.32 Å². The Bertz CT molecular complexity index is 792. The highest BCUT2D eigenvalue weighted by Gasteiger charge is 2.15. The van der Waals surface area contributed by atoms with E-state index < -0.39 is 0 Å². The van der Waals surface area contributed by atoms with Crippen LogP contribution in [0.5, 0.6) is 0 Å². The van der Waals surface area contributed by atoms with Crippen LogP contribution in [0.15, 0.2) is 36.4 Å². The Morgan fingerprint density at radius 3 is 3.05 bits per heavy atom. The molecule has 4 rings (SSSR count). The summed E-state index contributed by atoms with van der Waals surface area (Å²) in [4.78, 5) is 8.08. The molecule has 2 N–H and O–H groups in total. The first kappa shape index (κ1) is 11.9. The second-order valence-electron chi connectivity index (χ2n) is 5.12. The number of hydrogen-bond donors (Lipinski definition) is 2. The highest BCUT2D eigenvalue weighted by Crippen LogP contribution is 2.28. The van der Waals surface area contributed by atoms with Gasteiger partial charge in [0.05, 0.1) is 11.0 Å². The molecule has 0 atom stereocenters. The van der Waals surface area contributed by atoms with E-state index in [4.69, 9.17) is 16.6 Å². The van der Waals surface area contributed by atoms with Gasteiger partial charge in [-0.1, -0.05) is 29.8 Å². The zero-order chi connectivity index (χ0) is 13.5. The minimum Gasteiger partial charge on any atom is -0.338 e. The van der Waals surface area contributed by atoms with Gasteiger partial charge in [0.1, 0.15) is 5.82 Å². The van der Waals surface area contributed by atoms with Gasteiger partial charge in [0, 0.05) is 17.1 Å². The third kappa shape index (κ3) is 1.90. The third-order valence-electron chi connectivity index (χ3n) is 3.84. The molecule has 1 aromatic heterocycles. The fourth-order valence-electron chi connectivity index (χ4n) is 2.86. The lowest BCUT2D eigenvalue weighted by Crippen LogP contribution is -2.24. The lowest BCUT2D eigenvalue weighted by molar-refractivity contribution is 0.644. The van der Waals surface area contributed by atoms with E-state index in [0.717, 1.165) is 41.4 Å². The molecule has 0 fully saturated rings. The fourth-order valence-corrected chi connectivity index (χ4v) is 3.04. The minimum absolute atomic E-state index is 0.729. The maximum atomic E-state index is 6.03. The number of aromatic amines is 1. The summed E-state index contributed by atoms with van der Waals surface area (Å²) in [5, 5.41) is 4.13. The van der Waals surface area contributed by atoms with Crippen molar-refractivity contribution in [2.75, 3.05) is 6.54 Å². The van der Waals surface area contributed by atoms with E-state index in [0.29, 0.717) is 0 Å². The summed E-state index contributed by atoms with van der Waals surface area (Å²) < 4.78 is 0. The summed E-state index contributed by atoms with van der Waals surface area (Å²) >= 11 is 6.03. The first-order chi connectivity index (χ1) is 9.81. The van der Waals surface area contributed by atoms with E-state index in [1.54, 1.807) is 0 Å². The highest BCUT2D eigenvalue weighted by atomic mass is 35.5. The van der Waals surface area contributed by atoms with Gasteiger partial charge in [-0.15, -0.1) is 0 Å². The molecule has 4 heteroatoms. The van der Waals surface area contributed by atoms with Crippen molar-refractivity contribution in [1.82, 2.24) is 15.3 Å². The summed E-state index contributed by atoms with van der Waals surface area (Å²) in [6, 6.07) is 12.2. The van der Waals surface area contributed by atoms with Crippen molar-refractivity contribution in [2.24, 2.45) is 0 Å². The quantitative estimate of drug-likeness (QED) is 0.717. The fraction of sp³-hybridized carbons (Fsp3) is 0.188. The largest absolute Gasteiger partial charge is 0.338 e. The molecule has 3 nitrogen and oxygen atoms in total. The van der Waals surface area contributed by atoms with Crippen LogP contribution in [0.25, 0.3) is 22.4 Å². The predicted octanol–water partition coefficient (Wildman–Crippen LogP) is 3.53. The van der Waals surface area contributed by atoms with Crippen LogP contribution in [0.2, 0.25) is 5.02 Å². The highest BCUT2D eigenvalue weighted by molar-refractivity contribution is 6.31. The molecule has 100 valence electrons. The van der Waals surface area contributed by atoms with Gasteiger partial charge < -0.3 is 10.3 Å². The van der Waals surface area contributed by atoms with Crippen LogP contribution in [0.1, 0.15) is 11.1 Å². The Balaban J connectivity index is 1.90. The molecular formula is C16H14ClN3. The van der Waals surface area contributed by atoms with Crippen LogP contribution >= 0.6 is 11.6 Å². The number of nitrogens with zero attached hydrogens (tertiary/aromatic N) is 1. The molecule has 1 aliphatic heterocycles. The van der Waals surface area contributed by atoms with Crippen molar-refractivity contribution in [1.29, 1.82) is 0 Å². The molecule has 0 radical (unpaired) electrons. The van der Waals surface area contributed by atoms with Crippen molar-refractivity contribution in [2.45, 2.75) is 13.0 Å². The van der Waals surface area contributed by atoms with Crippen molar-refractivity contribution in [3.05, 3.63) is 52.5 Å². The predicted molar refractivity (Wildman–Crippen MR) is 82.0 cm³/mol. The second kappa shape index (κ2) is 4.62. The third-order valence-corrected chi connectivity index (χ3v) is 4.07. The van der Waals surface area contributed by atoms with E-state index in [1.165, 1.54) is 16.7 Å². The van der Waals surface area contributed by atoms with Crippen LogP contribution in [0.4, 0.5) is 0 Å². The van der Waals surface area contributed by atoms with Gasteiger partial charge in [0.25, 0.3) is 0 Å². The monoisotopic (exact) mass is 283 g/mol. The number of fused-ring (bicyclic) bond motifs is 2. The lowest BCUT2D eigenvalue weighted by Gasteiger charge is -2.19. The summed E-state index contributed by atoms with van der Waals surface area (Å²) in [6.45, 7) is 1.96. The Morgan fingerprint density at radius 1 is 1.15 bits per heavy atom.